The number of aryl methyl sites for hydroxylation is 1. The number of benzene rings is 1. The van der Waals surface area contributed by atoms with Gasteiger partial charge in [-0.1, -0.05) is 79.7 Å². The topological polar surface area (TPSA) is 0 Å². The highest BCUT2D eigenvalue weighted by atomic mass is 79.9. The van der Waals surface area contributed by atoms with Gasteiger partial charge in [0.1, 0.15) is 0 Å². The maximum atomic E-state index is 4.03. The average Bonchev–Trinajstić information content (AvgIpc) is 2.64. The lowest BCUT2D eigenvalue weighted by Gasteiger charge is -2.26. The minimum atomic E-state index is 0.567. The van der Waals surface area contributed by atoms with Crippen LogP contribution in [0.2, 0.25) is 0 Å². The number of fused-ring (bicyclic) bond motifs is 1. The second kappa shape index (κ2) is 8.22. The highest BCUT2D eigenvalue weighted by molar-refractivity contribution is 9.09. The van der Waals surface area contributed by atoms with Gasteiger partial charge >= 0.3 is 0 Å². The third-order valence-corrected chi connectivity index (χ3v) is 6.21. The van der Waals surface area contributed by atoms with Gasteiger partial charge in [0.15, 0.2) is 0 Å². The summed E-state index contributed by atoms with van der Waals surface area (Å²) in [7, 11) is 0. The Morgan fingerprint density at radius 3 is 2.80 bits per heavy atom. The SMILES string of the molecule is CCCCC(CC)CC1CCCc2ccccc2C1Br. The molecular weight excluding hydrogens is 308 g/mol. The quantitative estimate of drug-likeness (QED) is 0.401. The van der Waals surface area contributed by atoms with Crippen molar-refractivity contribution in [1.29, 1.82) is 0 Å². The summed E-state index contributed by atoms with van der Waals surface area (Å²) >= 11 is 4.03. The number of hydrogen-bond acceptors (Lipinski definition) is 0. The lowest BCUT2D eigenvalue weighted by Crippen LogP contribution is -2.13. The number of alkyl halides is 1. The first kappa shape index (κ1) is 16.1. The van der Waals surface area contributed by atoms with Crippen molar-refractivity contribution >= 4 is 15.9 Å². The molecule has 1 aliphatic carbocycles. The summed E-state index contributed by atoms with van der Waals surface area (Å²) in [5.74, 6) is 1.74. The molecule has 0 fully saturated rings. The van der Waals surface area contributed by atoms with Crippen molar-refractivity contribution in [2.45, 2.75) is 70.0 Å². The number of unbranched alkanes of at least 4 members (excludes halogenated alkanes) is 1. The summed E-state index contributed by atoms with van der Waals surface area (Å²) < 4.78 is 0. The van der Waals surface area contributed by atoms with Gasteiger partial charge in [-0.05, 0) is 48.6 Å². The Bertz CT molecular complexity index is 399. The standard InChI is InChI=1S/C19H29Br/c1-3-5-9-15(4-2)14-17-12-8-11-16-10-6-7-13-18(16)19(17)20/h6-7,10,13,15,17,19H,3-5,8-9,11-12,14H2,1-2H3. The smallest absolute Gasteiger partial charge is 0.0426 e. The second-order valence-corrected chi connectivity index (χ2v) is 7.39. The van der Waals surface area contributed by atoms with Crippen LogP contribution in [-0.2, 0) is 6.42 Å². The lowest BCUT2D eigenvalue weighted by molar-refractivity contribution is 0.320. The van der Waals surface area contributed by atoms with Crippen molar-refractivity contribution in [2.24, 2.45) is 11.8 Å². The van der Waals surface area contributed by atoms with E-state index in [-0.39, 0.29) is 0 Å². The van der Waals surface area contributed by atoms with Crippen LogP contribution in [0.1, 0.15) is 74.7 Å². The molecule has 0 aromatic heterocycles. The molecule has 0 saturated carbocycles. The van der Waals surface area contributed by atoms with Gasteiger partial charge in [0.2, 0.25) is 0 Å². The fraction of sp³-hybridized carbons (Fsp3) is 0.684. The molecule has 2 rings (SSSR count). The fourth-order valence-corrected chi connectivity index (χ4v) is 4.56. The van der Waals surface area contributed by atoms with Crippen LogP contribution in [0.15, 0.2) is 24.3 Å². The molecular formula is C19H29Br. The summed E-state index contributed by atoms with van der Waals surface area (Å²) in [4.78, 5) is 0.567. The summed E-state index contributed by atoms with van der Waals surface area (Å²) in [6, 6.07) is 9.04. The van der Waals surface area contributed by atoms with E-state index in [2.05, 4.69) is 54.0 Å². The molecule has 0 N–H and O–H groups in total. The van der Waals surface area contributed by atoms with Crippen molar-refractivity contribution < 1.29 is 0 Å². The van der Waals surface area contributed by atoms with Gasteiger partial charge in [0.25, 0.3) is 0 Å². The van der Waals surface area contributed by atoms with Crippen LogP contribution in [0, 0.1) is 11.8 Å². The average molecular weight is 337 g/mol. The third-order valence-electron chi connectivity index (χ3n) is 4.97. The molecule has 1 aromatic carbocycles. The Balaban J connectivity index is 2.05. The zero-order valence-corrected chi connectivity index (χ0v) is 14.7. The molecule has 1 aromatic rings. The number of rotatable bonds is 6. The van der Waals surface area contributed by atoms with Crippen LogP contribution >= 0.6 is 15.9 Å². The molecule has 1 aliphatic rings. The third kappa shape index (κ3) is 4.10. The van der Waals surface area contributed by atoms with E-state index < -0.39 is 0 Å². The molecule has 0 amide bonds. The van der Waals surface area contributed by atoms with E-state index >= 15 is 0 Å². The lowest BCUT2D eigenvalue weighted by atomic mass is 9.84. The minimum absolute atomic E-state index is 0.567. The summed E-state index contributed by atoms with van der Waals surface area (Å²) in [6.07, 6.45) is 10.9. The van der Waals surface area contributed by atoms with Gasteiger partial charge in [-0.25, -0.2) is 0 Å². The van der Waals surface area contributed by atoms with Crippen molar-refractivity contribution in [3.8, 4) is 0 Å². The van der Waals surface area contributed by atoms with Crippen LogP contribution in [0.25, 0.3) is 0 Å². The normalized spacial score (nSPS) is 23.9. The van der Waals surface area contributed by atoms with Gasteiger partial charge in [-0.3, -0.25) is 0 Å². The molecule has 20 heavy (non-hydrogen) atoms. The van der Waals surface area contributed by atoms with E-state index in [1.165, 1.54) is 51.4 Å². The summed E-state index contributed by atoms with van der Waals surface area (Å²) in [6.45, 7) is 4.68. The monoisotopic (exact) mass is 336 g/mol. The molecule has 0 saturated heterocycles. The fourth-order valence-electron chi connectivity index (χ4n) is 3.63. The Morgan fingerprint density at radius 2 is 2.05 bits per heavy atom. The Kier molecular flexibility index (Phi) is 6.61. The highest BCUT2D eigenvalue weighted by Crippen LogP contribution is 2.43. The Morgan fingerprint density at radius 1 is 1.25 bits per heavy atom. The highest BCUT2D eigenvalue weighted by Gasteiger charge is 2.27. The Hall–Kier alpha value is -0.300. The molecule has 0 heterocycles. The Labute approximate surface area is 133 Å². The molecule has 3 atom stereocenters. The summed E-state index contributed by atoms with van der Waals surface area (Å²) in [5, 5.41) is 0. The van der Waals surface area contributed by atoms with Gasteiger partial charge in [-0.2, -0.15) is 0 Å². The van der Waals surface area contributed by atoms with Gasteiger partial charge in [0, 0.05) is 4.83 Å². The minimum Gasteiger partial charge on any atom is -0.0836 e. The van der Waals surface area contributed by atoms with E-state index in [0.717, 1.165) is 11.8 Å². The van der Waals surface area contributed by atoms with Crippen LogP contribution in [0.4, 0.5) is 0 Å². The van der Waals surface area contributed by atoms with Gasteiger partial charge in [-0.15, -0.1) is 0 Å². The first-order valence-corrected chi connectivity index (χ1v) is 9.39. The predicted octanol–water partition coefficient (Wildman–Crippen LogP) is 6.68. The maximum absolute atomic E-state index is 4.03. The zero-order valence-electron chi connectivity index (χ0n) is 13.1. The van der Waals surface area contributed by atoms with Gasteiger partial charge < -0.3 is 0 Å². The molecule has 0 aliphatic heterocycles. The first-order valence-electron chi connectivity index (χ1n) is 8.48. The molecule has 0 radical (unpaired) electrons. The van der Waals surface area contributed by atoms with Crippen LogP contribution < -0.4 is 0 Å². The van der Waals surface area contributed by atoms with E-state index in [4.69, 9.17) is 0 Å². The number of halogens is 1. The van der Waals surface area contributed by atoms with Crippen molar-refractivity contribution in [3.05, 3.63) is 35.4 Å². The second-order valence-electron chi connectivity index (χ2n) is 6.41. The van der Waals surface area contributed by atoms with E-state index in [0.29, 0.717) is 4.83 Å². The largest absolute Gasteiger partial charge is 0.0836 e. The molecule has 3 unspecified atom stereocenters. The predicted molar refractivity (Wildman–Crippen MR) is 92.5 cm³/mol. The van der Waals surface area contributed by atoms with E-state index in [1.807, 2.05) is 0 Å². The van der Waals surface area contributed by atoms with Gasteiger partial charge in [0.05, 0.1) is 0 Å². The maximum Gasteiger partial charge on any atom is 0.0426 e. The van der Waals surface area contributed by atoms with Crippen molar-refractivity contribution in [2.75, 3.05) is 0 Å². The van der Waals surface area contributed by atoms with E-state index in [1.54, 1.807) is 11.1 Å². The molecule has 0 bridgehead atoms. The number of hydrogen-bond donors (Lipinski definition) is 0. The van der Waals surface area contributed by atoms with Crippen LogP contribution in [-0.4, -0.2) is 0 Å². The first-order chi connectivity index (χ1) is 9.76. The molecule has 1 heteroatoms. The van der Waals surface area contributed by atoms with Crippen LogP contribution in [0.3, 0.4) is 0 Å². The van der Waals surface area contributed by atoms with E-state index in [9.17, 15) is 0 Å². The summed E-state index contributed by atoms with van der Waals surface area (Å²) in [5.41, 5.74) is 3.12. The van der Waals surface area contributed by atoms with Crippen LogP contribution in [0.5, 0.6) is 0 Å². The molecule has 0 spiro atoms. The molecule has 112 valence electrons. The molecule has 0 nitrogen and oxygen atoms in total. The van der Waals surface area contributed by atoms with Crippen molar-refractivity contribution in [1.82, 2.24) is 0 Å². The zero-order chi connectivity index (χ0) is 14.4. The van der Waals surface area contributed by atoms with Crippen molar-refractivity contribution in [3.63, 3.8) is 0 Å².